The highest BCUT2D eigenvalue weighted by atomic mass is 20.0. The maximum atomic E-state index is 12.6. The Bertz CT molecular complexity index is 3880. The zero-order valence-electron chi connectivity index (χ0n) is 52.8. The van der Waals surface area contributed by atoms with Crippen LogP contribution in [0.2, 0.25) is 6.32 Å². The average molecular weight is 1290 g/mol. The number of aliphatic hydroxyl groups excluding tert-OH is 1. The minimum Gasteiger partial charge on any atom is -0.397 e. The van der Waals surface area contributed by atoms with Gasteiger partial charge in [-0.15, -0.1) is 0 Å². The summed E-state index contributed by atoms with van der Waals surface area (Å²) in [5.41, 5.74) is 15.8. The molecule has 0 amide bonds. The zero-order valence-corrected chi connectivity index (χ0v) is 52.8. The maximum Gasteiger partial charge on any atom is 0.354 e. The van der Waals surface area contributed by atoms with Crippen LogP contribution in [0.5, 0.6) is 0 Å². The van der Waals surface area contributed by atoms with Gasteiger partial charge in [0.15, 0.2) is 17.2 Å². The monoisotopic (exact) mass is 1280 g/mol. The number of nitriles is 1. The largest absolute Gasteiger partial charge is 0.397 e. The predicted molar refractivity (Wildman–Crippen MR) is 350 cm³/mol. The highest BCUT2D eigenvalue weighted by Crippen LogP contribution is 2.52. The number of aromatic nitrogens is 6. The van der Waals surface area contributed by atoms with Gasteiger partial charge in [0.25, 0.3) is 0 Å². The third-order valence-corrected chi connectivity index (χ3v) is 15.9. The Morgan fingerprint density at radius 2 is 0.851 bits per heavy atom. The summed E-state index contributed by atoms with van der Waals surface area (Å²) in [6.45, 7) is 9.47. The van der Waals surface area contributed by atoms with Crippen molar-refractivity contribution in [3.8, 4) is 6.07 Å². The lowest BCUT2D eigenvalue weighted by molar-refractivity contribution is -0.294. The molecule has 4 aromatic heterocycles. The summed E-state index contributed by atoms with van der Waals surface area (Å²) in [5.74, 6) is -1.42. The number of anilines is 2. The Hall–Kier alpha value is -8.90. The number of nitrogen functional groups attached to an aromatic ring is 2. The van der Waals surface area contributed by atoms with Crippen molar-refractivity contribution < 1.29 is 61.6 Å². The van der Waals surface area contributed by atoms with Crippen LogP contribution in [0.15, 0.2) is 219 Å². The van der Waals surface area contributed by atoms with E-state index < -0.39 is 47.0 Å². The molecule has 491 valence electrons. The fourth-order valence-electron chi connectivity index (χ4n) is 11.2. The zero-order chi connectivity index (χ0) is 66.8. The third-order valence-electron chi connectivity index (χ3n) is 15.9. The minimum absolute atomic E-state index is 0.154. The van der Waals surface area contributed by atoms with E-state index in [2.05, 4.69) is 26.2 Å². The minimum atomic E-state index is -1.99. The number of fused-ring (bicyclic) bond motifs is 2. The van der Waals surface area contributed by atoms with Crippen molar-refractivity contribution in [1.29, 1.82) is 5.26 Å². The van der Waals surface area contributed by atoms with E-state index in [4.69, 9.17) is 63.6 Å². The highest BCUT2D eigenvalue weighted by molar-refractivity contribution is 6.25. The van der Waals surface area contributed by atoms with Crippen LogP contribution in [0.25, 0.3) is 11.0 Å². The van der Waals surface area contributed by atoms with Crippen molar-refractivity contribution in [3.05, 3.63) is 264 Å². The van der Waals surface area contributed by atoms with Crippen molar-refractivity contribution >= 4 is 30.2 Å². The number of hydrogen-bond acceptors (Lipinski definition) is 17. The number of aliphatic hydroxyl groups is 2. The van der Waals surface area contributed by atoms with E-state index in [9.17, 15) is 14.7 Å². The van der Waals surface area contributed by atoms with E-state index in [0.29, 0.717) is 61.9 Å². The molecule has 19 nitrogen and oxygen atoms in total. The third kappa shape index (κ3) is 16.7. The number of nitrogens with zero attached hydrogens (tertiary/aromatic N) is 7. The molecule has 10 aromatic rings. The SMILES string of the molecule is CCO.CC[B]F.C[C@@]1(OCc2ccccc2)[C@H](OCc2ccccc2)[C@@H](COCc2ccccc2)OC1(C#N)c1ccc2c(N)ncnn12.C[C@@]1(OCc2ccccc2)[C@H](OCc2ccccc2)[C@@H](COCc2ccccc2)OC1(O)c1ccc2c(N)ncnn12.FF. The average Bonchev–Trinajstić information content (AvgIpc) is 1.55. The van der Waals surface area contributed by atoms with Gasteiger partial charge in [0, 0.05) is 15.8 Å². The van der Waals surface area contributed by atoms with E-state index in [-0.39, 0.29) is 45.5 Å². The van der Waals surface area contributed by atoms with Gasteiger partial charge in [-0.25, -0.2) is 19.0 Å². The van der Waals surface area contributed by atoms with Crippen molar-refractivity contribution in [2.24, 2.45) is 0 Å². The second kappa shape index (κ2) is 34.8. The molecule has 2 aliphatic heterocycles. The molecule has 0 spiro atoms. The molecular weight excluding hydrogens is 1210 g/mol. The van der Waals surface area contributed by atoms with Gasteiger partial charge in [-0.05, 0) is 84.7 Å². The molecular formula is C71H78BF3N9O10. The first kappa shape index (κ1) is 71.0. The van der Waals surface area contributed by atoms with Crippen LogP contribution < -0.4 is 11.5 Å². The lowest BCUT2D eigenvalue weighted by Crippen LogP contribution is -2.55. The number of nitrogens with two attached hydrogens (primary N) is 2. The van der Waals surface area contributed by atoms with Gasteiger partial charge in [-0.2, -0.15) is 15.5 Å². The fraction of sp³-hybridized carbons (Fsp3) is 0.310. The topological polar surface area (TPSA) is 251 Å². The van der Waals surface area contributed by atoms with Crippen LogP contribution in [0.4, 0.5) is 25.1 Å². The molecule has 6 aromatic carbocycles. The summed E-state index contributed by atoms with van der Waals surface area (Å²) in [7, 11) is 0.625. The van der Waals surface area contributed by atoms with Crippen LogP contribution in [0.1, 0.15) is 72.5 Å². The van der Waals surface area contributed by atoms with E-state index >= 15 is 0 Å². The smallest absolute Gasteiger partial charge is 0.354 e. The first-order chi connectivity index (χ1) is 45.8. The van der Waals surface area contributed by atoms with Gasteiger partial charge in [0.1, 0.15) is 65.5 Å². The number of ether oxygens (including phenoxy) is 8. The molecule has 8 atom stereocenters. The van der Waals surface area contributed by atoms with Crippen LogP contribution in [-0.4, -0.2) is 102 Å². The van der Waals surface area contributed by atoms with Crippen LogP contribution in [0.3, 0.4) is 0 Å². The fourth-order valence-corrected chi connectivity index (χ4v) is 11.2. The van der Waals surface area contributed by atoms with E-state index in [1.807, 2.05) is 196 Å². The summed E-state index contributed by atoms with van der Waals surface area (Å²) in [6.07, 6.45) is 0.461. The molecule has 1 radical (unpaired) electrons. The summed E-state index contributed by atoms with van der Waals surface area (Å²) in [6, 6.07) is 68.7. The molecule has 94 heavy (non-hydrogen) atoms. The number of hydrogen-bond donors (Lipinski definition) is 4. The maximum absolute atomic E-state index is 12.6. The van der Waals surface area contributed by atoms with Gasteiger partial charge >= 0.3 is 7.56 Å². The molecule has 2 fully saturated rings. The van der Waals surface area contributed by atoms with E-state index in [0.717, 1.165) is 33.4 Å². The molecule has 0 saturated carbocycles. The molecule has 2 saturated heterocycles. The Balaban J connectivity index is 0.000000214. The molecule has 2 aliphatic rings. The lowest BCUT2D eigenvalue weighted by atomic mass is 9.79. The quantitative estimate of drug-likeness (QED) is 0.0435. The van der Waals surface area contributed by atoms with Crippen molar-refractivity contribution in [2.75, 3.05) is 31.3 Å². The second-order valence-corrected chi connectivity index (χ2v) is 22.1. The Labute approximate surface area is 545 Å². The normalized spacial score (nSPS) is 21.9. The van der Waals surface area contributed by atoms with E-state index in [1.54, 1.807) is 42.6 Å². The van der Waals surface area contributed by atoms with E-state index in [1.165, 1.54) is 17.2 Å². The summed E-state index contributed by atoms with van der Waals surface area (Å²) < 4.78 is 82.0. The highest BCUT2D eigenvalue weighted by Gasteiger charge is 2.69. The molecule has 6 N–H and O–H groups in total. The van der Waals surface area contributed by atoms with Crippen LogP contribution in [-0.2, 0) is 88.9 Å². The van der Waals surface area contributed by atoms with Gasteiger partial charge in [0.05, 0.1) is 58.5 Å². The number of halogens is 3. The molecule has 12 rings (SSSR count). The van der Waals surface area contributed by atoms with Crippen molar-refractivity contribution in [3.63, 3.8) is 0 Å². The Kier molecular flexibility index (Phi) is 26.3. The van der Waals surface area contributed by atoms with Gasteiger partial charge in [-0.1, -0.05) is 189 Å². The summed E-state index contributed by atoms with van der Waals surface area (Å²) in [4.78, 5) is 8.21. The molecule has 0 bridgehead atoms. The molecule has 0 aliphatic carbocycles. The van der Waals surface area contributed by atoms with Crippen molar-refractivity contribution in [2.45, 2.75) is 121 Å². The van der Waals surface area contributed by atoms with Gasteiger partial charge < -0.3 is 63.9 Å². The molecule has 2 unspecified atom stereocenters. The second-order valence-electron chi connectivity index (χ2n) is 22.1. The van der Waals surface area contributed by atoms with Crippen LogP contribution >= 0.6 is 0 Å². The first-order valence-corrected chi connectivity index (χ1v) is 30.6. The van der Waals surface area contributed by atoms with Gasteiger partial charge in [0.2, 0.25) is 11.4 Å². The standard InChI is InChI=1S/C34H33N5O4.C33H34N4O5.C2H5BF.C2H6O.F2/c1-33(42-21-27-15-9-4-10-16-27)31(41-20-26-13-7-3-8-14-26)29(22-40-19-25-11-5-2-6-12-25)43-34(33,23-35)30-18-17-28-32(36)37-24-38-39(28)30;1-32(41-21-26-15-9-4-10-16-26)30(40-20-25-13-7-3-8-14-25)28(22-39-19-24-11-5-2-6-12-24)42-33(32,38)29-18-17-27-31(34)35-23-36-37(27)29;1-2-3-4;1-2-3;1-2/h2-18,24,29,31H,19-22H2,1H3,(H2,36,37,38);2-18,23,28,30,38H,19-22H2,1H3,(H2,34,35,36);2H2,1H3;3H,2H2,1H3;/t29-,31-,33-,34?;28-,30-,32-,33?;;;/m11.../s1. The summed E-state index contributed by atoms with van der Waals surface area (Å²) >= 11 is 0. The van der Waals surface area contributed by atoms with Gasteiger partial charge in [-0.3, -0.25) is 0 Å². The van der Waals surface area contributed by atoms with Crippen molar-refractivity contribution in [1.82, 2.24) is 29.2 Å². The van der Waals surface area contributed by atoms with Crippen LogP contribution in [0, 0.1) is 11.3 Å². The predicted octanol–water partition coefficient (Wildman–Crippen LogP) is 11.7. The molecule has 23 heteroatoms. The Morgan fingerprint density at radius 1 is 0.521 bits per heavy atom. The lowest BCUT2D eigenvalue weighted by Gasteiger charge is -2.40. The molecule has 6 heterocycles. The Morgan fingerprint density at radius 3 is 1.23 bits per heavy atom. The summed E-state index contributed by atoms with van der Waals surface area (Å²) in [5, 5.41) is 40.0. The first-order valence-electron chi connectivity index (χ1n) is 30.6. The number of benzene rings is 6. The number of rotatable bonds is 23.